The fraction of sp³-hybridized carbons (Fsp3) is 0.294. The fourth-order valence-corrected chi connectivity index (χ4v) is 3.18. The summed E-state index contributed by atoms with van der Waals surface area (Å²) in [6, 6.07) is 10.0. The van der Waals surface area contributed by atoms with Crippen molar-refractivity contribution < 1.29 is 9.53 Å². The van der Waals surface area contributed by atoms with E-state index in [0.717, 1.165) is 22.2 Å². The number of carbonyl (C=O) groups excluding carboxylic acids is 1. The lowest BCUT2D eigenvalue weighted by atomic mass is 10.2. The zero-order valence-electron chi connectivity index (χ0n) is 13.0. The van der Waals surface area contributed by atoms with Crippen molar-refractivity contribution in [2.24, 2.45) is 0 Å². The maximum absolute atomic E-state index is 13.0. The van der Waals surface area contributed by atoms with Gasteiger partial charge in [-0.25, -0.2) is 0 Å². The Hall–Kier alpha value is -2.60. The quantitative estimate of drug-likeness (QED) is 0.803. The normalized spacial score (nSPS) is 13.7. The topological polar surface area (TPSA) is 63.1 Å². The number of nitrogens with zero attached hydrogens (tertiary/aromatic N) is 3. The first-order valence-electron chi connectivity index (χ1n) is 7.65. The summed E-state index contributed by atoms with van der Waals surface area (Å²) in [6.07, 6.45) is 1.79. The van der Waals surface area contributed by atoms with Gasteiger partial charge in [0.05, 0.1) is 25.0 Å². The molecule has 3 heterocycles. The van der Waals surface area contributed by atoms with Crippen molar-refractivity contribution in [3.05, 3.63) is 53.5 Å². The number of aromatic nitrogens is 3. The van der Waals surface area contributed by atoms with E-state index >= 15 is 0 Å². The van der Waals surface area contributed by atoms with Crippen molar-refractivity contribution >= 4 is 16.8 Å². The van der Waals surface area contributed by atoms with E-state index in [-0.39, 0.29) is 5.91 Å². The van der Waals surface area contributed by atoms with E-state index in [9.17, 15) is 4.79 Å². The van der Waals surface area contributed by atoms with E-state index in [0.29, 0.717) is 31.9 Å². The summed E-state index contributed by atoms with van der Waals surface area (Å²) in [4.78, 5) is 14.8. The number of para-hydroxylation sites is 1. The molecule has 0 aliphatic carbocycles. The number of hydrogen-bond donors (Lipinski definition) is 1. The third-order valence-corrected chi connectivity index (χ3v) is 4.35. The standard InChI is InChI=1S/C17H18N4O2/c1-23-7-6-21-15-5-3-2-4-12(15)8-16(21)17(22)20-10-13-9-18-19-14(13)11-20/h2-5,8-9H,6-7,10-11H2,1H3,(H,18,19). The molecule has 1 amide bonds. The summed E-state index contributed by atoms with van der Waals surface area (Å²) in [6.45, 7) is 2.42. The molecular formula is C17H18N4O2. The number of amides is 1. The molecule has 4 rings (SSSR count). The van der Waals surface area contributed by atoms with Crippen LogP contribution in [-0.4, -0.2) is 39.3 Å². The summed E-state index contributed by atoms with van der Waals surface area (Å²) in [5, 5.41) is 8.05. The molecule has 1 N–H and O–H groups in total. The van der Waals surface area contributed by atoms with Crippen LogP contribution in [0.15, 0.2) is 36.5 Å². The van der Waals surface area contributed by atoms with Gasteiger partial charge in [0.2, 0.25) is 0 Å². The predicted octanol–water partition coefficient (Wildman–Crippen LogP) is 2.17. The molecule has 0 fully saturated rings. The molecule has 3 aromatic rings. The second kappa shape index (κ2) is 5.55. The molecule has 1 aromatic carbocycles. The number of benzene rings is 1. The average Bonchev–Trinajstić information content (AvgIpc) is 3.24. The highest BCUT2D eigenvalue weighted by atomic mass is 16.5. The Morgan fingerprint density at radius 1 is 1.35 bits per heavy atom. The van der Waals surface area contributed by atoms with Crippen molar-refractivity contribution in [2.75, 3.05) is 13.7 Å². The third-order valence-electron chi connectivity index (χ3n) is 4.35. The molecule has 0 radical (unpaired) electrons. The molecule has 0 atom stereocenters. The van der Waals surface area contributed by atoms with Crippen LogP contribution in [0.2, 0.25) is 0 Å². The molecule has 6 nitrogen and oxygen atoms in total. The van der Waals surface area contributed by atoms with Crippen molar-refractivity contribution in [3.63, 3.8) is 0 Å². The SMILES string of the molecule is COCCn1c(C(=O)N2Cc3cn[nH]c3C2)cc2ccccc21. The second-order valence-electron chi connectivity index (χ2n) is 5.77. The van der Waals surface area contributed by atoms with E-state index < -0.39 is 0 Å². The lowest BCUT2D eigenvalue weighted by Crippen LogP contribution is -2.28. The average molecular weight is 310 g/mol. The van der Waals surface area contributed by atoms with Gasteiger partial charge in [0, 0.05) is 36.7 Å². The molecule has 0 spiro atoms. The Bertz CT molecular complexity index is 844. The number of methoxy groups -OCH3 is 1. The van der Waals surface area contributed by atoms with Crippen LogP contribution in [0.5, 0.6) is 0 Å². The van der Waals surface area contributed by atoms with Crippen LogP contribution in [-0.2, 0) is 24.4 Å². The second-order valence-corrected chi connectivity index (χ2v) is 5.77. The molecule has 2 aromatic heterocycles. The van der Waals surface area contributed by atoms with Gasteiger partial charge < -0.3 is 14.2 Å². The van der Waals surface area contributed by atoms with Crippen LogP contribution in [0, 0.1) is 0 Å². The largest absolute Gasteiger partial charge is 0.383 e. The number of rotatable bonds is 4. The van der Waals surface area contributed by atoms with Crippen LogP contribution >= 0.6 is 0 Å². The Labute approximate surface area is 133 Å². The summed E-state index contributed by atoms with van der Waals surface area (Å²) < 4.78 is 7.25. The molecular weight excluding hydrogens is 292 g/mol. The maximum atomic E-state index is 13.0. The summed E-state index contributed by atoms with van der Waals surface area (Å²) in [5.41, 5.74) is 3.89. The Morgan fingerprint density at radius 3 is 3.04 bits per heavy atom. The molecule has 0 saturated carbocycles. The van der Waals surface area contributed by atoms with Crippen molar-refractivity contribution in [2.45, 2.75) is 19.6 Å². The number of hydrogen-bond acceptors (Lipinski definition) is 3. The van der Waals surface area contributed by atoms with Crippen LogP contribution in [0.3, 0.4) is 0 Å². The predicted molar refractivity (Wildman–Crippen MR) is 86.0 cm³/mol. The Kier molecular flexibility index (Phi) is 3.38. The first kappa shape index (κ1) is 14.0. The van der Waals surface area contributed by atoms with Gasteiger partial charge in [0.1, 0.15) is 5.69 Å². The summed E-state index contributed by atoms with van der Waals surface area (Å²) in [7, 11) is 1.67. The van der Waals surface area contributed by atoms with E-state index in [1.165, 1.54) is 0 Å². The third kappa shape index (κ3) is 2.31. The van der Waals surface area contributed by atoms with Gasteiger partial charge in [-0.2, -0.15) is 5.10 Å². The van der Waals surface area contributed by atoms with Gasteiger partial charge in [-0.05, 0) is 12.1 Å². The van der Waals surface area contributed by atoms with Gasteiger partial charge in [-0.3, -0.25) is 9.89 Å². The number of nitrogens with one attached hydrogen (secondary N) is 1. The lowest BCUT2D eigenvalue weighted by Gasteiger charge is -2.17. The van der Waals surface area contributed by atoms with E-state index in [4.69, 9.17) is 4.74 Å². The van der Waals surface area contributed by atoms with Gasteiger partial charge in [0.25, 0.3) is 5.91 Å². The highest BCUT2D eigenvalue weighted by Crippen LogP contribution is 2.25. The zero-order valence-corrected chi connectivity index (χ0v) is 13.0. The van der Waals surface area contributed by atoms with Gasteiger partial charge >= 0.3 is 0 Å². The first-order valence-corrected chi connectivity index (χ1v) is 7.65. The number of aromatic amines is 1. The molecule has 0 unspecified atom stereocenters. The zero-order chi connectivity index (χ0) is 15.8. The minimum Gasteiger partial charge on any atom is -0.383 e. The van der Waals surface area contributed by atoms with E-state index in [1.54, 1.807) is 13.3 Å². The molecule has 0 bridgehead atoms. The Morgan fingerprint density at radius 2 is 2.22 bits per heavy atom. The molecule has 1 aliphatic heterocycles. The molecule has 6 heteroatoms. The van der Waals surface area contributed by atoms with Crippen LogP contribution in [0.4, 0.5) is 0 Å². The first-order chi connectivity index (χ1) is 11.3. The Balaban J connectivity index is 1.70. The smallest absolute Gasteiger partial charge is 0.271 e. The van der Waals surface area contributed by atoms with Gasteiger partial charge in [-0.1, -0.05) is 18.2 Å². The molecule has 118 valence electrons. The maximum Gasteiger partial charge on any atom is 0.271 e. The number of carbonyl (C=O) groups is 1. The van der Waals surface area contributed by atoms with Crippen LogP contribution in [0.25, 0.3) is 10.9 Å². The van der Waals surface area contributed by atoms with Gasteiger partial charge in [0.15, 0.2) is 0 Å². The van der Waals surface area contributed by atoms with E-state index in [1.807, 2.05) is 39.8 Å². The lowest BCUT2D eigenvalue weighted by molar-refractivity contribution is 0.0736. The monoisotopic (exact) mass is 310 g/mol. The fourth-order valence-electron chi connectivity index (χ4n) is 3.18. The van der Waals surface area contributed by atoms with Crippen molar-refractivity contribution in [3.8, 4) is 0 Å². The highest BCUT2D eigenvalue weighted by Gasteiger charge is 2.28. The summed E-state index contributed by atoms with van der Waals surface area (Å²) in [5.74, 6) is 0.0434. The van der Waals surface area contributed by atoms with Gasteiger partial charge in [-0.15, -0.1) is 0 Å². The number of ether oxygens (including phenoxy) is 1. The van der Waals surface area contributed by atoms with E-state index in [2.05, 4.69) is 10.2 Å². The number of H-pyrrole nitrogens is 1. The minimum absolute atomic E-state index is 0.0434. The number of fused-ring (bicyclic) bond motifs is 2. The molecule has 1 aliphatic rings. The van der Waals surface area contributed by atoms with Crippen molar-refractivity contribution in [1.82, 2.24) is 19.7 Å². The molecule has 23 heavy (non-hydrogen) atoms. The molecule has 0 saturated heterocycles. The van der Waals surface area contributed by atoms with Crippen LogP contribution < -0.4 is 0 Å². The van der Waals surface area contributed by atoms with Crippen LogP contribution in [0.1, 0.15) is 21.7 Å². The minimum atomic E-state index is 0.0434. The van der Waals surface area contributed by atoms with Crippen molar-refractivity contribution in [1.29, 1.82) is 0 Å². The summed E-state index contributed by atoms with van der Waals surface area (Å²) >= 11 is 0. The highest BCUT2D eigenvalue weighted by molar-refractivity contribution is 5.99.